The molecule has 1 saturated heterocycles. The first-order valence-electron chi connectivity index (χ1n) is 9.23. The molecule has 1 atom stereocenters. The van der Waals surface area contributed by atoms with E-state index in [1.165, 1.54) is 5.56 Å². The Kier molecular flexibility index (Phi) is 11.8. The highest BCUT2D eigenvalue weighted by molar-refractivity contribution is 14.0. The summed E-state index contributed by atoms with van der Waals surface area (Å²) in [7, 11) is 2.12. The number of benzene rings is 1. The van der Waals surface area contributed by atoms with Gasteiger partial charge < -0.3 is 15.8 Å². The molecule has 0 saturated carbocycles. The van der Waals surface area contributed by atoms with Gasteiger partial charge in [0.2, 0.25) is 0 Å². The van der Waals surface area contributed by atoms with Crippen LogP contribution < -0.4 is 11.1 Å². The molecule has 1 fully saturated rings. The lowest BCUT2D eigenvalue weighted by molar-refractivity contribution is 0.0376. The first-order valence-corrected chi connectivity index (χ1v) is 9.23. The highest BCUT2D eigenvalue weighted by atomic mass is 127. The summed E-state index contributed by atoms with van der Waals surface area (Å²) >= 11 is 0. The van der Waals surface area contributed by atoms with Crippen molar-refractivity contribution in [3.8, 4) is 0 Å². The number of morpholine rings is 1. The number of hydrogen-bond donors (Lipinski definition) is 2. The summed E-state index contributed by atoms with van der Waals surface area (Å²) in [6, 6.07) is 10.8. The molecule has 148 valence electrons. The fourth-order valence-corrected chi connectivity index (χ4v) is 2.80. The SMILES string of the molecule is CC(CN=C(N)NCCCN1CCOCC1)N(C)Cc1ccccc1.I. The van der Waals surface area contributed by atoms with Crippen molar-refractivity contribution < 1.29 is 4.74 Å². The van der Waals surface area contributed by atoms with Gasteiger partial charge in [0.15, 0.2) is 5.96 Å². The van der Waals surface area contributed by atoms with Gasteiger partial charge in [-0.05, 0) is 32.5 Å². The van der Waals surface area contributed by atoms with E-state index in [-0.39, 0.29) is 24.0 Å². The van der Waals surface area contributed by atoms with E-state index in [0.29, 0.717) is 18.5 Å². The van der Waals surface area contributed by atoms with Crippen LogP contribution in [0.15, 0.2) is 35.3 Å². The standard InChI is InChI=1S/C19H33N5O.HI/c1-17(23(2)16-18-7-4-3-5-8-18)15-22-19(20)21-9-6-10-24-11-13-25-14-12-24;/h3-5,7-8,17H,6,9-16H2,1-2H3,(H3,20,21,22);1H. The molecule has 6 nitrogen and oxygen atoms in total. The molecule has 1 aromatic carbocycles. The Morgan fingerprint density at radius 1 is 1.31 bits per heavy atom. The van der Waals surface area contributed by atoms with Gasteiger partial charge in [0.25, 0.3) is 0 Å². The van der Waals surface area contributed by atoms with Gasteiger partial charge in [-0.1, -0.05) is 30.3 Å². The zero-order valence-corrected chi connectivity index (χ0v) is 18.4. The Hall–Kier alpha value is -0.900. The molecular weight excluding hydrogens is 441 g/mol. The average molecular weight is 475 g/mol. The summed E-state index contributed by atoms with van der Waals surface area (Å²) in [5.74, 6) is 0.543. The Morgan fingerprint density at radius 2 is 2.00 bits per heavy atom. The monoisotopic (exact) mass is 475 g/mol. The minimum atomic E-state index is 0. The number of guanidine groups is 1. The van der Waals surface area contributed by atoms with Gasteiger partial charge in [-0.3, -0.25) is 14.8 Å². The average Bonchev–Trinajstić information content (AvgIpc) is 2.65. The van der Waals surface area contributed by atoms with E-state index in [0.717, 1.165) is 52.4 Å². The lowest BCUT2D eigenvalue weighted by Gasteiger charge is -2.26. The number of rotatable bonds is 9. The molecule has 1 heterocycles. The van der Waals surface area contributed by atoms with Crippen LogP contribution in [0.1, 0.15) is 18.9 Å². The fourth-order valence-electron chi connectivity index (χ4n) is 2.80. The maximum atomic E-state index is 5.98. The van der Waals surface area contributed by atoms with E-state index < -0.39 is 0 Å². The van der Waals surface area contributed by atoms with Crippen LogP contribution in [-0.4, -0.2) is 74.8 Å². The number of nitrogens with one attached hydrogen (secondary N) is 1. The van der Waals surface area contributed by atoms with Crippen LogP contribution in [0.3, 0.4) is 0 Å². The maximum Gasteiger partial charge on any atom is 0.188 e. The number of nitrogens with zero attached hydrogens (tertiary/aromatic N) is 3. The molecule has 1 aliphatic rings. The lowest BCUT2D eigenvalue weighted by atomic mass is 10.2. The van der Waals surface area contributed by atoms with Gasteiger partial charge in [-0.15, -0.1) is 24.0 Å². The molecule has 0 aromatic heterocycles. The van der Waals surface area contributed by atoms with E-state index >= 15 is 0 Å². The zero-order chi connectivity index (χ0) is 17.9. The van der Waals surface area contributed by atoms with Crippen LogP contribution in [0.25, 0.3) is 0 Å². The van der Waals surface area contributed by atoms with Crippen LogP contribution in [-0.2, 0) is 11.3 Å². The van der Waals surface area contributed by atoms with Crippen molar-refractivity contribution in [2.24, 2.45) is 10.7 Å². The second kappa shape index (κ2) is 13.3. The van der Waals surface area contributed by atoms with Gasteiger partial charge >= 0.3 is 0 Å². The van der Waals surface area contributed by atoms with E-state index in [1.807, 2.05) is 6.07 Å². The van der Waals surface area contributed by atoms with Crippen molar-refractivity contribution >= 4 is 29.9 Å². The van der Waals surface area contributed by atoms with Crippen LogP contribution in [0.5, 0.6) is 0 Å². The molecule has 26 heavy (non-hydrogen) atoms. The molecule has 0 radical (unpaired) electrons. The molecular formula is C19H34IN5O. The summed E-state index contributed by atoms with van der Waals surface area (Å²) in [6.07, 6.45) is 1.07. The minimum absolute atomic E-state index is 0. The second-order valence-corrected chi connectivity index (χ2v) is 6.71. The van der Waals surface area contributed by atoms with Gasteiger partial charge in [0.05, 0.1) is 19.8 Å². The third-order valence-corrected chi connectivity index (χ3v) is 4.61. The molecule has 0 bridgehead atoms. The number of aliphatic imine (C=N–C) groups is 1. The third kappa shape index (κ3) is 9.16. The number of hydrogen-bond acceptors (Lipinski definition) is 4. The predicted octanol–water partition coefficient (Wildman–Crippen LogP) is 1.75. The zero-order valence-electron chi connectivity index (χ0n) is 16.1. The van der Waals surface area contributed by atoms with E-state index in [1.54, 1.807) is 0 Å². The Balaban J connectivity index is 0.00000338. The van der Waals surface area contributed by atoms with Crippen LogP contribution in [0.4, 0.5) is 0 Å². The summed E-state index contributed by atoms with van der Waals surface area (Å²) < 4.78 is 5.35. The number of ether oxygens (including phenoxy) is 1. The number of likely N-dealkylation sites (N-methyl/N-ethyl adjacent to an activating group) is 1. The quantitative estimate of drug-likeness (QED) is 0.247. The molecule has 1 aliphatic heterocycles. The van der Waals surface area contributed by atoms with Crippen LogP contribution >= 0.6 is 24.0 Å². The molecule has 0 spiro atoms. The first kappa shape index (κ1) is 23.1. The molecule has 7 heteroatoms. The van der Waals surface area contributed by atoms with E-state index in [2.05, 4.69) is 58.3 Å². The van der Waals surface area contributed by atoms with Crippen LogP contribution in [0.2, 0.25) is 0 Å². The first-order chi connectivity index (χ1) is 12.1. The highest BCUT2D eigenvalue weighted by Crippen LogP contribution is 2.06. The highest BCUT2D eigenvalue weighted by Gasteiger charge is 2.10. The Bertz CT molecular complexity index is 508. The topological polar surface area (TPSA) is 66.1 Å². The van der Waals surface area contributed by atoms with E-state index in [9.17, 15) is 0 Å². The Labute approximate surface area is 175 Å². The van der Waals surface area contributed by atoms with Crippen molar-refractivity contribution in [2.45, 2.75) is 25.9 Å². The molecule has 0 amide bonds. The summed E-state index contributed by atoms with van der Waals surface area (Å²) in [5.41, 5.74) is 7.30. The van der Waals surface area contributed by atoms with Gasteiger partial charge in [-0.25, -0.2) is 0 Å². The Morgan fingerprint density at radius 3 is 2.69 bits per heavy atom. The third-order valence-electron chi connectivity index (χ3n) is 4.61. The van der Waals surface area contributed by atoms with E-state index in [4.69, 9.17) is 10.5 Å². The number of halogens is 1. The molecule has 3 N–H and O–H groups in total. The van der Waals surface area contributed by atoms with Crippen molar-refractivity contribution in [1.82, 2.24) is 15.1 Å². The van der Waals surface area contributed by atoms with Crippen molar-refractivity contribution in [3.63, 3.8) is 0 Å². The molecule has 1 aromatic rings. The predicted molar refractivity (Wildman–Crippen MR) is 119 cm³/mol. The van der Waals surface area contributed by atoms with Gasteiger partial charge in [-0.2, -0.15) is 0 Å². The molecule has 2 rings (SSSR count). The largest absolute Gasteiger partial charge is 0.379 e. The molecule has 1 unspecified atom stereocenters. The van der Waals surface area contributed by atoms with Crippen molar-refractivity contribution in [1.29, 1.82) is 0 Å². The fraction of sp³-hybridized carbons (Fsp3) is 0.632. The maximum absolute atomic E-state index is 5.98. The normalized spacial score (nSPS) is 17.0. The number of nitrogens with two attached hydrogens (primary N) is 1. The van der Waals surface area contributed by atoms with Gasteiger partial charge in [0.1, 0.15) is 0 Å². The summed E-state index contributed by atoms with van der Waals surface area (Å²) in [4.78, 5) is 9.21. The summed E-state index contributed by atoms with van der Waals surface area (Å²) in [6.45, 7) is 9.52. The molecule has 0 aliphatic carbocycles. The van der Waals surface area contributed by atoms with Crippen molar-refractivity contribution in [2.75, 3.05) is 53.0 Å². The minimum Gasteiger partial charge on any atom is -0.379 e. The smallest absolute Gasteiger partial charge is 0.188 e. The van der Waals surface area contributed by atoms with Crippen LogP contribution in [0, 0.1) is 0 Å². The second-order valence-electron chi connectivity index (χ2n) is 6.71. The summed E-state index contributed by atoms with van der Waals surface area (Å²) in [5, 5.41) is 3.22. The lowest BCUT2D eigenvalue weighted by Crippen LogP contribution is -2.39. The van der Waals surface area contributed by atoms with Gasteiger partial charge in [0, 0.05) is 32.2 Å². The van der Waals surface area contributed by atoms with Crippen molar-refractivity contribution in [3.05, 3.63) is 35.9 Å².